The maximum absolute atomic E-state index is 12.5. The van der Waals surface area contributed by atoms with Crippen molar-refractivity contribution in [1.29, 1.82) is 0 Å². The van der Waals surface area contributed by atoms with Crippen LogP contribution in [0.3, 0.4) is 0 Å². The standard InChI is InChI=1S/C15H16ClNOS/c16-7-5-11-6-8-17(10-11)15(18)14-9-12-3-1-2-4-13(12)19-14/h1-4,9,11H,5-8,10H2. The Morgan fingerprint density at radius 1 is 1.42 bits per heavy atom. The van der Waals surface area contributed by atoms with Gasteiger partial charge >= 0.3 is 0 Å². The van der Waals surface area contributed by atoms with E-state index in [4.69, 9.17) is 11.6 Å². The normalized spacial score (nSPS) is 19.2. The van der Waals surface area contributed by atoms with E-state index in [-0.39, 0.29) is 5.91 Å². The molecule has 1 saturated heterocycles. The van der Waals surface area contributed by atoms with Gasteiger partial charge in [-0.15, -0.1) is 22.9 Å². The molecule has 4 heteroatoms. The second kappa shape index (κ2) is 5.51. The molecule has 0 aliphatic carbocycles. The van der Waals surface area contributed by atoms with Gasteiger partial charge < -0.3 is 4.90 Å². The van der Waals surface area contributed by atoms with E-state index in [1.807, 2.05) is 23.1 Å². The number of hydrogen-bond acceptors (Lipinski definition) is 2. The first-order valence-electron chi connectivity index (χ1n) is 6.62. The van der Waals surface area contributed by atoms with E-state index in [0.29, 0.717) is 11.8 Å². The summed E-state index contributed by atoms with van der Waals surface area (Å²) in [5.41, 5.74) is 0. The van der Waals surface area contributed by atoms with Gasteiger partial charge in [-0.1, -0.05) is 18.2 Å². The topological polar surface area (TPSA) is 20.3 Å². The number of benzene rings is 1. The quantitative estimate of drug-likeness (QED) is 0.784. The van der Waals surface area contributed by atoms with E-state index in [9.17, 15) is 4.79 Å². The zero-order chi connectivity index (χ0) is 13.2. The van der Waals surface area contributed by atoms with Gasteiger partial charge in [0, 0.05) is 23.7 Å². The molecule has 0 bridgehead atoms. The summed E-state index contributed by atoms with van der Waals surface area (Å²) >= 11 is 7.37. The molecule has 0 N–H and O–H groups in total. The molecule has 1 fully saturated rings. The van der Waals surface area contributed by atoms with Crippen LogP contribution in [0.15, 0.2) is 30.3 Å². The predicted octanol–water partition coefficient (Wildman–Crippen LogP) is 3.99. The first kappa shape index (κ1) is 12.9. The minimum absolute atomic E-state index is 0.179. The van der Waals surface area contributed by atoms with Crippen LogP contribution in [0.25, 0.3) is 10.1 Å². The van der Waals surface area contributed by atoms with Gasteiger partial charge in [-0.25, -0.2) is 0 Å². The highest BCUT2D eigenvalue weighted by molar-refractivity contribution is 7.20. The van der Waals surface area contributed by atoms with Crippen LogP contribution in [0, 0.1) is 5.92 Å². The second-order valence-corrected chi connectivity index (χ2v) is 6.49. The molecule has 1 aliphatic rings. The summed E-state index contributed by atoms with van der Waals surface area (Å²) in [7, 11) is 0. The van der Waals surface area contributed by atoms with Crippen LogP contribution in [0.4, 0.5) is 0 Å². The molecule has 1 amide bonds. The third kappa shape index (κ3) is 2.63. The number of fused-ring (bicyclic) bond motifs is 1. The van der Waals surface area contributed by atoms with E-state index in [0.717, 1.165) is 36.2 Å². The van der Waals surface area contributed by atoms with Crippen LogP contribution >= 0.6 is 22.9 Å². The molecule has 1 aromatic heterocycles. The van der Waals surface area contributed by atoms with Crippen LogP contribution in [0.5, 0.6) is 0 Å². The van der Waals surface area contributed by atoms with Crippen LogP contribution in [-0.4, -0.2) is 29.8 Å². The van der Waals surface area contributed by atoms with Crippen molar-refractivity contribution < 1.29 is 4.79 Å². The van der Waals surface area contributed by atoms with Crippen molar-refractivity contribution in [2.45, 2.75) is 12.8 Å². The maximum Gasteiger partial charge on any atom is 0.263 e. The highest BCUT2D eigenvalue weighted by Gasteiger charge is 2.27. The zero-order valence-electron chi connectivity index (χ0n) is 10.6. The van der Waals surface area contributed by atoms with E-state index in [1.165, 1.54) is 4.70 Å². The molecular weight excluding hydrogens is 278 g/mol. The Labute approximate surface area is 122 Å². The Hall–Kier alpha value is -1.06. The minimum Gasteiger partial charge on any atom is -0.338 e. The number of carbonyl (C=O) groups excluding carboxylic acids is 1. The number of thiophene rings is 1. The molecule has 1 unspecified atom stereocenters. The predicted molar refractivity (Wildman–Crippen MR) is 81.2 cm³/mol. The molecule has 0 spiro atoms. The number of nitrogens with zero attached hydrogens (tertiary/aromatic N) is 1. The summed E-state index contributed by atoms with van der Waals surface area (Å²) in [6.45, 7) is 1.73. The van der Waals surface area contributed by atoms with Crippen molar-refractivity contribution in [3.8, 4) is 0 Å². The molecule has 0 saturated carbocycles. The largest absolute Gasteiger partial charge is 0.338 e. The highest BCUT2D eigenvalue weighted by Crippen LogP contribution is 2.28. The first-order valence-corrected chi connectivity index (χ1v) is 7.97. The zero-order valence-corrected chi connectivity index (χ0v) is 12.2. The SMILES string of the molecule is O=C(c1cc2ccccc2s1)N1CCC(CCCl)C1. The fraction of sp³-hybridized carbons (Fsp3) is 0.400. The molecular formula is C15H16ClNOS. The monoisotopic (exact) mass is 293 g/mol. The van der Waals surface area contributed by atoms with Crippen LogP contribution < -0.4 is 0 Å². The minimum atomic E-state index is 0.179. The summed E-state index contributed by atoms with van der Waals surface area (Å²) in [6, 6.07) is 10.2. The average Bonchev–Trinajstić information content (AvgIpc) is 3.04. The number of likely N-dealkylation sites (tertiary alicyclic amines) is 1. The van der Waals surface area contributed by atoms with Gasteiger partial charge in [-0.3, -0.25) is 4.79 Å². The van der Waals surface area contributed by atoms with Gasteiger partial charge in [-0.2, -0.15) is 0 Å². The molecule has 2 aromatic rings. The van der Waals surface area contributed by atoms with Crippen molar-refractivity contribution in [3.63, 3.8) is 0 Å². The molecule has 0 radical (unpaired) electrons. The fourth-order valence-electron chi connectivity index (χ4n) is 2.65. The number of hydrogen-bond donors (Lipinski definition) is 0. The number of rotatable bonds is 3. The van der Waals surface area contributed by atoms with Gasteiger partial charge in [-0.05, 0) is 36.3 Å². The van der Waals surface area contributed by atoms with E-state index < -0.39 is 0 Å². The Morgan fingerprint density at radius 2 is 2.26 bits per heavy atom. The Kier molecular flexibility index (Phi) is 3.76. The molecule has 100 valence electrons. The highest BCUT2D eigenvalue weighted by atomic mass is 35.5. The molecule has 2 nitrogen and oxygen atoms in total. The Balaban J connectivity index is 1.77. The molecule has 2 heterocycles. The first-order chi connectivity index (χ1) is 9.28. The van der Waals surface area contributed by atoms with Crippen molar-refractivity contribution in [2.24, 2.45) is 5.92 Å². The molecule has 1 aliphatic heterocycles. The third-order valence-electron chi connectivity index (χ3n) is 3.73. The Morgan fingerprint density at radius 3 is 3.05 bits per heavy atom. The summed E-state index contributed by atoms with van der Waals surface area (Å²) < 4.78 is 1.18. The molecule has 19 heavy (non-hydrogen) atoms. The molecule has 1 atom stereocenters. The smallest absolute Gasteiger partial charge is 0.263 e. The molecule has 3 rings (SSSR count). The third-order valence-corrected chi connectivity index (χ3v) is 5.05. The summed E-state index contributed by atoms with van der Waals surface area (Å²) in [5, 5.41) is 1.16. The lowest BCUT2D eigenvalue weighted by Gasteiger charge is -2.15. The second-order valence-electron chi connectivity index (χ2n) is 5.03. The lowest BCUT2D eigenvalue weighted by atomic mass is 10.1. The summed E-state index contributed by atoms with van der Waals surface area (Å²) in [4.78, 5) is 15.3. The van der Waals surface area contributed by atoms with Crippen molar-refractivity contribution in [1.82, 2.24) is 4.90 Å². The van der Waals surface area contributed by atoms with Gasteiger partial charge in [0.05, 0.1) is 4.88 Å². The van der Waals surface area contributed by atoms with Crippen molar-refractivity contribution in [3.05, 3.63) is 35.2 Å². The maximum atomic E-state index is 12.5. The summed E-state index contributed by atoms with van der Waals surface area (Å²) in [6.07, 6.45) is 2.10. The number of halogens is 1. The number of carbonyl (C=O) groups is 1. The lowest BCUT2D eigenvalue weighted by Crippen LogP contribution is -2.28. The molecule has 1 aromatic carbocycles. The van der Waals surface area contributed by atoms with Gasteiger partial charge in [0.2, 0.25) is 0 Å². The van der Waals surface area contributed by atoms with E-state index in [1.54, 1.807) is 11.3 Å². The Bertz CT molecular complexity index is 562. The van der Waals surface area contributed by atoms with Crippen LogP contribution in [0.1, 0.15) is 22.5 Å². The van der Waals surface area contributed by atoms with E-state index >= 15 is 0 Å². The number of alkyl halides is 1. The van der Waals surface area contributed by atoms with Crippen molar-refractivity contribution in [2.75, 3.05) is 19.0 Å². The van der Waals surface area contributed by atoms with Crippen LogP contribution in [0.2, 0.25) is 0 Å². The average molecular weight is 294 g/mol. The van der Waals surface area contributed by atoms with Crippen LogP contribution in [-0.2, 0) is 0 Å². The van der Waals surface area contributed by atoms with Gasteiger partial charge in [0.25, 0.3) is 5.91 Å². The van der Waals surface area contributed by atoms with Gasteiger partial charge in [0.15, 0.2) is 0 Å². The fourth-order valence-corrected chi connectivity index (χ4v) is 3.99. The van der Waals surface area contributed by atoms with Gasteiger partial charge in [0.1, 0.15) is 0 Å². The lowest BCUT2D eigenvalue weighted by molar-refractivity contribution is 0.0792. The summed E-state index contributed by atoms with van der Waals surface area (Å²) in [5.74, 6) is 1.45. The number of amides is 1. The van der Waals surface area contributed by atoms with Crippen molar-refractivity contribution >= 4 is 38.9 Å². The van der Waals surface area contributed by atoms with E-state index in [2.05, 4.69) is 12.1 Å².